The number of morpholine rings is 1. The first kappa shape index (κ1) is 16.7. The average molecular weight is 297 g/mol. The fourth-order valence-corrected chi connectivity index (χ4v) is 3.20. The third-order valence-electron chi connectivity index (χ3n) is 4.47. The molecule has 1 saturated heterocycles. The summed E-state index contributed by atoms with van der Waals surface area (Å²) < 4.78 is 5.35. The van der Waals surface area contributed by atoms with Crippen molar-refractivity contribution in [3.63, 3.8) is 0 Å². The van der Waals surface area contributed by atoms with Crippen LogP contribution >= 0.6 is 0 Å². The SMILES string of the molecule is CC(CN1CCOCC1)NCC(=O)NC1CCCCCC1. The van der Waals surface area contributed by atoms with Crippen molar-refractivity contribution >= 4 is 5.91 Å². The molecule has 0 aromatic heterocycles. The summed E-state index contributed by atoms with van der Waals surface area (Å²) in [5.74, 6) is 0.149. The van der Waals surface area contributed by atoms with Crippen LogP contribution in [0.3, 0.4) is 0 Å². The molecule has 1 unspecified atom stereocenters. The van der Waals surface area contributed by atoms with Crippen molar-refractivity contribution in [2.75, 3.05) is 39.4 Å². The summed E-state index contributed by atoms with van der Waals surface area (Å²) in [7, 11) is 0. The standard InChI is InChI=1S/C16H31N3O2/c1-14(13-19-8-10-21-11-9-19)17-12-16(20)18-15-6-4-2-3-5-7-15/h14-15,17H,2-13H2,1H3,(H,18,20). The minimum Gasteiger partial charge on any atom is -0.379 e. The molecule has 0 radical (unpaired) electrons. The molecule has 1 aliphatic carbocycles. The van der Waals surface area contributed by atoms with Gasteiger partial charge in [-0.25, -0.2) is 0 Å². The van der Waals surface area contributed by atoms with Crippen molar-refractivity contribution in [2.45, 2.75) is 57.5 Å². The topological polar surface area (TPSA) is 53.6 Å². The maximum absolute atomic E-state index is 12.0. The molecule has 1 saturated carbocycles. The molecule has 0 spiro atoms. The maximum atomic E-state index is 12.0. The van der Waals surface area contributed by atoms with E-state index < -0.39 is 0 Å². The number of rotatable bonds is 6. The van der Waals surface area contributed by atoms with Crippen LogP contribution in [-0.2, 0) is 9.53 Å². The molecule has 0 bridgehead atoms. The van der Waals surface area contributed by atoms with Gasteiger partial charge >= 0.3 is 0 Å². The molecule has 1 aliphatic heterocycles. The van der Waals surface area contributed by atoms with Crippen LogP contribution in [0.4, 0.5) is 0 Å². The molecular weight excluding hydrogens is 266 g/mol. The Hall–Kier alpha value is -0.650. The highest BCUT2D eigenvalue weighted by Gasteiger charge is 2.16. The van der Waals surface area contributed by atoms with Crippen molar-refractivity contribution in [2.24, 2.45) is 0 Å². The molecule has 5 heteroatoms. The van der Waals surface area contributed by atoms with Crippen molar-refractivity contribution in [3.8, 4) is 0 Å². The van der Waals surface area contributed by atoms with Crippen LogP contribution in [0.25, 0.3) is 0 Å². The zero-order chi connectivity index (χ0) is 14.9. The molecule has 1 heterocycles. The van der Waals surface area contributed by atoms with Gasteiger partial charge in [0, 0.05) is 31.7 Å². The fourth-order valence-electron chi connectivity index (χ4n) is 3.20. The van der Waals surface area contributed by atoms with Gasteiger partial charge in [-0.15, -0.1) is 0 Å². The molecular formula is C16H31N3O2. The highest BCUT2D eigenvalue weighted by Crippen LogP contribution is 2.16. The Bertz CT molecular complexity index is 298. The molecule has 21 heavy (non-hydrogen) atoms. The second-order valence-electron chi connectivity index (χ2n) is 6.45. The Morgan fingerprint density at radius 1 is 1.19 bits per heavy atom. The van der Waals surface area contributed by atoms with E-state index in [0.29, 0.717) is 18.6 Å². The number of nitrogens with zero attached hydrogens (tertiary/aromatic N) is 1. The van der Waals surface area contributed by atoms with E-state index in [4.69, 9.17) is 4.74 Å². The van der Waals surface area contributed by atoms with Crippen LogP contribution in [0.1, 0.15) is 45.4 Å². The molecule has 2 fully saturated rings. The lowest BCUT2D eigenvalue weighted by Gasteiger charge is -2.29. The average Bonchev–Trinajstić information content (AvgIpc) is 2.75. The van der Waals surface area contributed by atoms with E-state index >= 15 is 0 Å². The van der Waals surface area contributed by atoms with E-state index in [1.54, 1.807) is 0 Å². The van der Waals surface area contributed by atoms with E-state index in [9.17, 15) is 4.79 Å². The number of amides is 1. The lowest BCUT2D eigenvalue weighted by molar-refractivity contribution is -0.121. The zero-order valence-electron chi connectivity index (χ0n) is 13.4. The van der Waals surface area contributed by atoms with E-state index in [2.05, 4.69) is 22.5 Å². The second kappa shape index (κ2) is 9.38. The van der Waals surface area contributed by atoms with Crippen molar-refractivity contribution < 1.29 is 9.53 Å². The van der Waals surface area contributed by atoms with Gasteiger partial charge in [-0.2, -0.15) is 0 Å². The third-order valence-corrected chi connectivity index (χ3v) is 4.47. The smallest absolute Gasteiger partial charge is 0.234 e. The molecule has 1 atom stereocenters. The van der Waals surface area contributed by atoms with Crippen LogP contribution in [0, 0.1) is 0 Å². The van der Waals surface area contributed by atoms with Gasteiger partial charge in [0.05, 0.1) is 19.8 Å². The van der Waals surface area contributed by atoms with Gasteiger partial charge < -0.3 is 15.4 Å². The third kappa shape index (κ3) is 6.76. The van der Waals surface area contributed by atoms with E-state index in [1.807, 2.05) is 0 Å². The zero-order valence-corrected chi connectivity index (χ0v) is 13.4. The molecule has 122 valence electrons. The summed E-state index contributed by atoms with van der Waals surface area (Å²) >= 11 is 0. The van der Waals surface area contributed by atoms with Gasteiger partial charge in [0.25, 0.3) is 0 Å². The first-order valence-corrected chi connectivity index (χ1v) is 8.57. The molecule has 0 aromatic rings. The van der Waals surface area contributed by atoms with Crippen molar-refractivity contribution in [1.82, 2.24) is 15.5 Å². The molecule has 2 N–H and O–H groups in total. The molecule has 2 rings (SSSR count). The van der Waals surface area contributed by atoms with Crippen LogP contribution in [-0.4, -0.2) is 62.3 Å². The van der Waals surface area contributed by atoms with E-state index in [-0.39, 0.29) is 5.91 Å². The quantitative estimate of drug-likeness (QED) is 0.722. The van der Waals surface area contributed by atoms with Crippen LogP contribution < -0.4 is 10.6 Å². The predicted molar refractivity (Wildman–Crippen MR) is 84.4 cm³/mol. The Morgan fingerprint density at radius 2 is 1.86 bits per heavy atom. The van der Waals surface area contributed by atoms with Crippen molar-refractivity contribution in [3.05, 3.63) is 0 Å². The van der Waals surface area contributed by atoms with Crippen molar-refractivity contribution in [1.29, 1.82) is 0 Å². The maximum Gasteiger partial charge on any atom is 0.234 e. The van der Waals surface area contributed by atoms with Gasteiger partial charge in [-0.05, 0) is 19.8 Å². The first-order valence-electron chi connectivity index (χ1n) is 8.57. The summed E-state index contributed by atoms with van der Waals surface area (Å²) in [4.78, 5) is 14.4. The van der Waals surface area contributed by atoms with E-state index in [0.717, 1.165) is 45.7 Å². The number of carbonyl (C=O) groups is 1. The summed E-state index contributed by atoms with van der Waals surface area (Å²) in [5, 5.41) is 6.52. The normalized spacial score (nSPS) is 23.5. The molecule has 2 aliphatic rings. The molecule has 0 aromatic carbocycles. The highest BCUT2D eigenvalue weighted by molar-refractivity contribution is 5.78. The molecule has 5 nitrogen and oxygen atoms in total. The lowest BCUT2D eigenvalue weighted by atomic mass is 10.1. The second-order valence-corrected chi connectivity index (χ2v) is 6.45. The van der Waals surface area contributed by atoms with E-state index in [1.165, 1.54) is 25.7 Å². The Kier molecular flexibility index (Phi) is 7.47. The monoisotopic (exact) mass is 297 g/mol. The molecule has 1 amide bonds. The van der Waals surface area contributed by atoms with Gasteiger partial charge in [0.15, 0.2) is 0 Å². The first-order chi connectivity index (χ1) is 10.2. The number of ether oxygens (including phenoxy) is 1. The number of hydrogen-bond donors (Lipinski definition) is 2. The minimum absolute atomic E-state index is 0.149. The van der Waals surface area contributed by atoms with Gasteiger partial charge in [-0.1, -0.05) is 25.7 Å². The Balaban J connectivity index is 1.58. The number of hydrogen-bond acceptors (Lipinski definition) is 4. The summed E-state index contributed by atoms with van der Waals surface area (Å²) in [6.45, 7) is 7.22. The predicted octanol–water partition coefficient (Wildman–Crippen LogP) is 1.14. The van der Waals surface area contributed by atoms with Crippen LogP contribution in [0.5, 0.6) is 0 Å². The summed E-state index contributed by atoms with van der Waals surface area (Å²) in [6, 6.07) is 0.735. The Morgan fingerprint density at radius 3 is 2.52 bits per heavy atom. The fraction of sp³-hybridized carbons (Fsp3) is 0.938. The number of carbonyl (C=O) groups excluding carboxylic acids is 1. The van der Waals surface area contributed by atoms with Gasteiger partial charge in [-0.3, -0.25) is 9.69 Å². The number of nitrogens with one attached hydrogen (secondary N) is 2. The van der Waals surface area contributed by atoms with Gasteiger partial charge in [0.2, 0.25) is 5.91 Å². The van der Waals surface area contributed by atoms with Gasteiger partial charge in [0.1, 0.15) is 0 Å². The van der Waals surface area contributed by atoms with Crippen LogP contribution in [0.15, 0.2) is 0 Å². The Labute approximate surface area is 128 Å². The van der Waals surface area contributed by atoms with Crippen LogP contribution in [0.2, 0.25) is 0 Å². The minimum atomic E-state index is 0.149. The lowest BCUT2D eigenvalue weighted by Crippen LogP contribution is -2.47. The summed E-state index contributed by atoms with van der Waals surface area (Å²) in [5.41, 5.74) is 0. The summed E-state index contributed by atoms with van der Waals surface area (Å²) in [6.07, 6.45) is 7.45. The highest BCUT2D eigenvalue weighted by atomic mass is 16.5. The largest absolute Gasteiger partial charge is 0.379 e.